The van der Waals surface area contributed by atoms with Gasteiger partial charge in [-0.3, -0.25) is 9.59 Å². The number of hydrogen-bond donors (Lipinski definition) is 3. The summed E-state index contributed by atoms with van der Waals surface area (Å²) in [5, 5.41) is 13.7. The molecule has 0 unspecified atom stereocenters. The van der Waals surface area contributed by atoms with Crippen LogP contribution in [-0.2, 0) is 18.8 Å². The highest BCUT2D eigenvalue weighted by Crippen LogP contribution is 2.44. The van der Waals surface area contributed by atoms with E-state index in [1.807, 2.05) is 0 Å². The Morgan fingerprint density at radius 1 is 1.13 bits per heavy atom. The standard InChI is InChI=1S/C28H28F3N3O4/c1-6-32-25(35)21-13-18-19(14-34(5)26(36)23(18)33-21)17-12-16(27(3,4)37)10-11-22(17)38-24-15(2)8-7-9-20(24)28(29,30)31/h7-14,33,37H,6H2,1-5H3,(H,32,35). The molecule has 38 heavy (non-hydrogen) atoms. The monoisotopic (exact) mass is 527 g/mol. The van der Waals surface area contributed by atoms with Crippen molar-refractivity contribution in [2.24, 2.45) is 7.05 Å². The fourth-order valence-corrected chi connectivity index (χ4v) is 4.26. The molecule has 0 aliphatic rings. The average Bonchev–Trinajstić information content (AvgIpc) is 3.28. The first-order valence-electron chi connectivity index (χ1n) is 11.9. The number of carbonyl (C=O) groups is 1. The van der Waals surface area contributed by atoms with Crippen LogP contribution in [0.2, 0.25) is 0 Å². The van der Waals surface area contributed by atoms with Gasteiger partial charge in [-0.25, -0.2) is 0 Å². The summed E-state index contributed by atoms with van der Waals surface area (Å²) in [5.41, 5.74) is -0.773. The van der Waals surface area contributed by atoms with E-state index in [-0.39, 0.29) is 28.3 Å². The number of halogens is 3. The van der Waals surface area contributed by atoms with Gasteiger partial charge >= 0.3 is 6.18 Å². The number of amides is 1. The number of aromatic amines is 1. The fraction of sp³-hybridized carbons (Fsp3) is 0.286. The Morgan fingerprint density at radius 2 is 1.84 bits per heavy atom. The third kappa shape index (κ3) is 5.04. The van der Waals surface area contributed by atoms with Crippen LogP contribution in [0.4, 0.5) is 13.2 Å². The molecule has 0 saturated heterocycles. The van der Waals surface area contributed by atoms with Gasteiger partial charge in [0.25, 0.3) is 11.5 Å². The van der Waals surface area contributed by atoms with Crippen LogP contribution in [0.5, 0.6) is 11.5 Å². The number of pyridine rings is 1. The van der Waals surface area contributed by atoms with E-state index in [0.717, 1.165) is 6.07 Å². The van der Waals surface area contributed by atoms with Crippen LogP contribution in [0, 0.1) is 6.92 Å². The van der Waals surface area contributed by atoms with Gasteiger partial charge in [-0.1, -0.05) is 18.2 Å². The maximum atomic E-state index is 13.8. The molecule has 7 nitrogen and oxygen atoms in total. The molecule has 10 heteroatoms. The molecule has 0 spiro atoms. The van der Waals surface area contributed by atoms with Gasteiger partial charge in [-0.2, -0.15) is 13.2 Å². The van der Waals surface area contributed by atoms with Crippen molar-refractivity contribution in [3.05, 3.63) is 81.4 Å². The number of benzene rings is 2. The Kier molecular flexibility index (Phi) is 6.88. The molecule has 4 aromatic rings. The topological polar surface area (TPSA) is 96.3 Å². The second-order valence-corrected chi connectivity index (χ2v) is 9.61. The number of nitrogens with zero attached hydrogens (tertiary/aromatic N) is 1. The van der Waals surface area contributed by atoms with Crippen molar-refractivity contribution in [3.8, 4) is 22.6 Å². The lowest BCUT2D eigenvalue weighted by molar-refractivity contribution is -0.138. The van der Waals surface area contributed by atoms with Crippen LogP contribution < -0.4 is 15.6 Å². The van der Waals surface area contributed by atoms with Crippen molar-refractivity contribution in [2.45, 2.75) is 39.5 Å². The molecule has 2 aromatic heterocycles. The number of aryl methyl sites for hydroxylation is 2. The molecule has 2 heterocycles. The normalized spacial score (nSPS) is 12.1. The number of nitrogens with one attached hydrogen (secondary N) is 2. The predicted molar refractivity (Wildman–Crippen MR) is 138 cm³/mol. The Bertz CT molecular complexity index is 1590. The van der Waals surface area contributed by atoms with Gasteiger partial charge in [-0.15, -0.1) is 0 Å². The second-order valence-electron chi connectivity index (χ2n) is 9.61. The van der Waals surface area contributed by atoms with Crippen molar-refractivity contribution in [3.63, 3.8) is 0 Å². The number of hydrogen-bond acceptors (Lipinski definition) is 4. The second kappa shape index (κ2) is 9.68. The third-order valence-corrected chi connectivity index (χ3v) is 6.25. The summed E-state index contributed by atoms with van der Waals surface area (Å²) in [5.74, 6) is -0.679. The SMILES string of the molecule is CCNC(=O)c1cc2c(-c3cc(C(C)(C)O)ccc3Oc3c(C)cccc3C(F)(F)F)cn(C)c(=O)c2[nH]1. The molecule has 200 valence electrons. The van der Waals surface area contributed by atoms with Crippen LogP contribution in [0.3, 0.4) is 0 Å². The molecule has 0 atom stereocenters. The molecule has 4 rings (SSSR count). The Hall–Kier alpha value is -4.05. The minimum Gasteiger partial charge on any atom is -0.456 e. The zero-order valence-corrected chi connectivity index (χ0v) is 21.6. The lowest BCUT2D eigenvalue weighted by Gasteiger charge is -2.22. The van der Waals surface area contributed by atoms with Gasteiger partial charge in [0.1, 0.15) is 22.7 Å². The zero-order chi connectivity index (χ0) is 28.0. The summed E-state index contributed by atoms with van der Waals surface area (Å²) in [6.45, 7) is 6.82. The van der Waals surface area contributed by atoms with Gasteiger partial charge in [0.05, 0.1) is 11.2 Å². The molecule has 0 fully saturated rings. The van der Waals surface area contributed by atoms with Crippen LogP contribution in [0.1, 0.15) is 48.0 Å². The van der Waals surface area contributed by atoms with E-state index in [4.69, 9.17) is 4.74 Å². The van der Waals surface area contributed by atoms with Gasteiger partial charge in [0.2, 0.25) is 0 Å². The van der Waals surface area contributed by atoms with Crippen molar-refractivity contribution in [1.29, 1.82) is 0 Å². The molecule has 0 radical (unpaired) electrons. The summed E-state index contributed by atoms with van der Waals surface area (Å²) >= 11 is 0. The highest BCUT2D eigenvalue weighted by Gasteiger charge is 2.35. The summed E-state index contributed by atoms with van der Waals surface area (Å²) in [6, 6.07) is 9.96. The molecule has 0 saturated carbocycles. The minimum absolute atomic E-state index is 0.0820. The van der Waals surface area contributed by atoms with Crippen LogP contribution in [0.15, 0.2) is 53.5 Å². The van der Waals surface area contributed by atoms with Crippen LogP contribution >= 0.6 is 0 Å². The molecular weight excluding hydrogens is 499 g/mol. The van der Waals surface area contributed by atoms with Gasteiger partial charge in [-0.05, 0) is 63.1 Å². The highest BCUT2D eigenvalue weighted by molar-refractivity contribution is 6.03. The van der Waals surface area contributed by atoms with Crippen LogP contribution in [-0.4, -0.2) is 27.1 Å². The summed E-state index contributed by atoms with van der Waals surface area (Å²) in [4.78, 5) is 28.3. The number of rotatable bonds is 6. The van der Waals surface area contributed by atoms with Crippen molar-refractivity contribution in [1.82, 2.24) is 14.9 Å². The van der Waals surface area contributed by atoms with Crippen molar-refractivity contribution < 1.29 is 27.8 Å². The smallest absolute Gasteiger partial charge is 0.419 e. The number of carbonyl (C=O) groups excluding carboxylic acids is 1. The predicted octanol–water partition coefficient (Wildman–Crippen LogP) is 5.63. The first-order valence-corrected chi connectivity index (χ1v) is 11.9. The summed E-state index contributed by atoms with van der Waals surface area (Å²) < 4.78 is 48.8. The molecule has 0 aliphatic carbocycles. The fourth-order valence-electron chi connectivity index (χ4n) is 4.26. The van der Waals surface area contributed by atoms with E-state index in [2.05, 4.69) is 10.3 Å². The largest absolute Gasteiger partial charge is 0.456 e. The van der Waals surface area contributed by atoms with E-state index >= 15 is 0 Å². The number of para-hydroxylation sites is 1. The lowest BCUT2D eigenvalue weighted by Crippen LogP contribution is -2.23. The van der Waals surface area contributed by atoms with E-state index in [1.165, 1.54) is 49.0 Å². The van der Waals surface area contributed by atoms with Gasteiger partial charge in [0, 0.05) is 36.3 Å². The molecule has 2 aromatic carbocycles. The minimum atomic E-state index is -4.65. The molecule has 0 bridgehead atoms. The molecule has 3 N–H and O–H groups in total. The number of fused-ring (bicyclic) bond motifs is 1. The quantitative estimate of drug-likeness (QED) is 0.303. The number of alkyl halides is 3. The molecule has 1 amide bonds. The average molecular weight is 528 g/mol. The molecular formula is C28H28F3N3O4. The van der Waals surface area contributed by atoms with E-state index in [9.17, 15) is 27.9 Å². The summed E-state index contributed by atoms with van der Waals surface area (Å²) in [6.07, 6.45) is -3.13. The highest BCUT2D eigenvalue weighted by atomic mass is 19.4. The van der Waals surface area contributed by atoms with Crippen LogP contribution in [0.25, 0.3) is 22.0 Å². The van der Waals surface area contributed by atoms with Crippen molar-refractivity contribution >= 4 is 16.8 Å². The molecule has 0 aliphatic heterocycles. The maximum Gasteiger partial charge on any atom is 0.419 e. The Balaban J connectivity index is 2.01. The van der Waals surface area contributed by atoms with Crippen molar-refractivity contribution in [2.75, 3.05) is 6.54 Å². The van der Waals surface area contributed by atoms with E-state index in [0.29, 0.717) is 28.6 Å². The number of H-pyrrole nitrogens is 1. The van der Waals surface area contributed by atoms with E-state index < -0.39 is 28.8 Å². The number of aliphatic hydroxyl groups is 1. The summed E-state index contributed by atoms with van der Waals surface area (Å²) in [7, 11) is 1.53. The van der Waals surface area contributed by atoms with Gasteiger partial charge < -0.3 is 24.7 Å². The number of ether oxygens (including phenoxy) is 1. The zero-order valence-electron chi connectivity index (χ0n) is 21.6. The maximum absolute atomic E-state index is 13.8. The first kappa shape index (κ1) is 27.0. The first-order chi connectivity index (χ1) is 17.7. The third-order valence-electron chi connectivity index (χ3n) is 6.25. The van der Waals surface area contributed by atoms with E-state index in [1.54, 1.807) is 32.9 Å². The Labute approximate surface area is 216 Å². The number of aromatic nitrogens is 2. The lowest BCUT2D eigenvalue weighted by atomic mass is 9.93. The Morgan fingerprint density at radius 3 is 2.47 bits per heavy atom. The van der Waals surface area contributed by atoms with Gasteiger partial charge in [0.15, 0.2) is 0 Å².